The topological polar surface area (TPSA) is 108 Å². The van der Waals surface area contributed by atoms with E-state index in [1.165, 1.54) is 24.3 Å². The van der Waals surface area contributed by atoms with E-state index in [0.29, 0.717) is 0 Å². The van der Waals surface area contributed by atoms with Crippen molar-refractivity contribution in [2.45, 2.75) is 5.54 Å². The van der Waals surface area contributed by atoms with Gasteiger partial charge in [-0.3, -0.25) is 20.2 Å². The molecule has 8 heteroatoms. The molecule has 0 aliphatic carbocycles. The van der Waals surface area contributed by atoms with Gasteiger partial charge in [0.15, 0.2) is 0 Å². The van der Waals surface area contributed by atoms with Gasteiger partial charge in [-0.2, -0.15) is 0 Å². The summed E-state index contributed by atoms with van der Waals surface area (Å²) in [5.41, 5.74) is 1.61. The first-order chi connectivity index (χ1) is 17.5. The molecular weight excluding hydrogens is 460 g/mol. The van der Waals surface area contributed by atoms with Gasteiger partial charge in [0.2, 0.25) is 0 Å². The van der Waals surface area contributed by atoms with Gasteiger partial charge in [0.25, 0.3) is 5.69 Å². The molecule has 180 valence electrons. The number of nitrogens with zero attached hydrogens (tertiary/aromatic N) is 1. The van der Waals surface area contributed by atoms with Crippen LogP contribution in [0.25, 0.3) is 0 Å². The number of nitrogens with one attached hydrogen (secondary N) is 1. The van der Waals surface area contributed by atoms with Crippen LogP contribution < -0.4 is 10.1 Å². The number of hydrogen-bond acceptors (Lipinski definition) is 7. The third-order valence-corrected chi connectivity index (χ3v) is 5.56. The van der Waals surface area contributed by atoms with Crippen molar-refractivity contribution in [1.82, 2.24) is 5.32 Å². The van der Waals surface area contributed by atoms with Crippen LogP contribution in [0.15, 0.2) is 115 Å². The number of rotatable bonds is 8. The maximum atomic E-state index is 12.7. The van der Waals surface area contributed by atoms with Gasteiger partial charge in [-0.05, 0) is 28.8 Å². The number of non-ortho nitro benzene ring substituents is 1. The van der Waals surface area contributed by atoms with Crippen molar-refractivity contribution >= 4 is 17.8 Å². The largest absolute Gasteiger partial charge is 0.521 e. The lowest BCUT2D eigenvalue weighted by molar-refractivity contribution is -0.384. The van der Waals surface area contributed by atoms with E-state index in [1.807, 2.05) is 91.0 Å². The Morgan fingerprint density at radius 2 is 1.17 bits per heavy atom. The van der Waals surface area contributed by atoms with Crippen molar-refractivity contribution in [1.29, 1.82) is 0 Å². The average Bonchev–Trinajstić information content (AvgIpc) is 2.91. The fourth-order valence-electron chi connectivity index (χ4n) is 3.96. The van der Waals surface area contributed by atoms with Crippen LogP contribution in [0, 0.1) is 10.1 Å². The summed E-state index contributed by atoms with van der Waals surface area (Å²) in [6.45, 7) is -0.311. The molecule has 0 unspecified atom stereocenters. The Labute approximate surface area is 207 Å². The molecule has 0 fully saturated rings. The Balaban J connectivity index is 1.55. The standard InChI is InChI=1S/C28H22N2O6/c31-26(36-27(32)35-25-18-16-24(17-19-25)30(33)34)20-29-28(21-10-4-1-5-11-21,22-12-6-2-7-13-22)23-14-8-3-9-15-23/h1-19,29H,20H2. The summed E-state index contributed by atoms with van der Waals surface area (Å²) in [5, 5.41) is 14.1. The highest BCUT2D eigenvalue weighted by Gasteiger charge is 2.36. The Bertz CT molecular complexity index is 1230. The smallest absolute Gasteiger partial charge is 0.395 e. The average molecular weight is 482 g/mol. The molecule has 36 heavy (non-hydrogen) atoms. The third-order valence-electron chi connectivity index (χ3n) is 5.56. The van der Waals surface area contributed by atoms with E-state index in [0.717, 1.165) is 16.7 Å². The molecule has 0 saturated heterocycles. The maximum absolute atomic E-state index is 12.7. The Hall–Kier alpha value is -4.82. The van der Waals surface area contributed by atoms with E-state index >= 15 is 0 Å². The van der Waals surface area contributed by atoms with Crippen LogP contribution in [0.1, 0.15) is 16.7 Å². The molecule has 4 aromatic rings. The number of benzene rings is 4. The number of nitro benzene ring substituents is 1. The Morgan fingerprint density at radius 1 is 0.722 bits per heavy atom. The summed E-state index contributed by atoms with van der Waals surface area (Å²) >= 11 is 0. The number of ether oxygens (including phenoxy) is 2. The van der Waals surface area contributed by atoms with Gasteiger partial charge in [-0.1, -0.05) is 91.0 Å². The monoisotopic (exact) mass is 482 g/mol. The highest BCUT2D eigenvalue weighted by molar-refractivity contribution is 5.84. The molecule has 0 aliphatic rings. The second kappa shape index (κ2) is 11.1. The van der Waals surface area contributed by atoms with E-state index in [9.17, 15) is 19.7 Å². The lowest BCUT2D eigenvalue weighted by Gasteiger charge is -2.36. The van der Waals surface area contributed by atoms with Crippen LogP contribution in [0.4, 0.5) is 10.5 Å². The zero-order chi connectivity index (χ0) is 25.4. The Morgan fingerprint density at radius 3 is 1.58 bits per heavy atom. The molecule has 0 aliphatic heterocycles. The highest BCUT2D eigenvalue weighted by atomic mass is 16.7. The van der Waals surface area contributed by atoms with Crippen LogP contribution in [0.3, 0.4) is 0 Å². The quantitative estimate of drug-likeness (QED) is 0.0916. The molecule has 0 heterocycles. The van der Waals surface area contributed by atoms with Gasteiger partial charge in [-0.25, -0.2) is 4.79 Å². The number of nitro groups is 1. The molecule has 0 radical (unpaired) electrons. The van der Waals surface area contributed by atoms with Crippen molar-refractivity contribution in [2.24, 2.45) is 0 Å². The van der Waals surface area contributed by atoms with E-state index in [1.54, 1.807) is 0 Å². The van der Waals surface area contributed by atoms with Crippen LogP contribution in [0.5, 0.6) is 5.75 Å². The second-order valence-corrected chi connectivity index (χ2v) is 7.78. The number of hydrogen-bond donors (Lipinski definition) is 1. The predicted molar refractivity (Wildman–Crippen MR) is 132 cm³/mol. The van der Waals surface area contributed by atoms with Gasteiger partial charge < -0.3 is 9.47 Å². The van der Waals surface area contributed by atoms with Crippen LogP contribution in [-0.2, 0) is 15.1 Å². The molecule has 0 amide bonds. The first-order valence-corrected chi connectivity index (χ1v) is 11.1. The van der Waals surface area contributed by atoms with Gasteiger partial charge in [0.05, 0.1) is 17.0 Å². The summed E-state index contributed by atoms with van der Waals surface area (Å²) in [5.74, 6) is -0.840. The van der Waals surface area contributed by atoms with Crippen molar-refractivity contribution < 1.29 is 24.0 Å². The highest BCUT2D eigenvalue weighted by Crippen LogP contribution is 2.36. The van der Waals surface area contributed by atoms with Crippen molar-refractivity contribution in [3.05, 3.63) is 142 Å². The van der Waals surface area contributed by atoms with Crippen molar-refractivity contribution in [3.63, 3.8) is 0 Å². The van der Waals surface area contributed by atoms with Crippen LogP contribution >= 0.6 is 0 Å². The first-order valence-electron chi connectivity index (χ1n) is 11.1. The second-order valence-electron chi connectivity index (χ2n) is 7.78. The molecule has 0 aromatic heterocycles. The van der Waals surface area contributed by atoms with E-state index in [4.69, 9.17) is 9.47 Å². The zero-order valence-corrected chi connectivity index (χ0v) is 19.1. The summed E-state index contributed by atoms with van der Waals surface area (Å²) in [4.78, 5) is 35.0. The van der Waals surface area contributed by atoms with Gasteiger partial charge >= 0.3 is 12.1 Å². The molecule has 4 aromatic carbocycles. The summed E-state index contributed by atoms with van der Waals surface area (Å²) in [6.07, 6.45) is -1.24. The van der Waals surface area contributed by atoms with E-state index in [2.05, 4.69) is 5.32 Å². The number of carbonyl (C=O) groups excluding carboxylic acids is 2. The molecule has 0 spiro atoms. The minimum Gasteiger partial charge on any atom is -0.395 e. The summed E-state index contributed by atoms with van der Waals surface area (Å²) in [7, 11) is 0. The van der Waals surface area contributed by atoms with E-state index in [-0.39, 0.29) is 18.0 Å². The fraction of sp³-hybridized carbons (Fsp3) is 0.0714. The Kier molecular flexibility index (Phi) is 7.48. The molecular formula is C28H22N2O6. The molecule has 4 rings (SSSR count). The zero-order valence-electron chi connectivity index (χ0n) is 19.1. The molecule has 0 atom stereocenters. The molecule has 8 nitrogen and oxygen atoms in total. The SMILES string of the molecule is O=C(CNC(c1ccccc1)(c1ccccc1)c1ccccc1)OC(=O)Oc1ccc([N+](=O)[O-])cc1. The normalized spacial score (nSPS) is 10.9. The maximum Gasteiger partial charge on any atom is 0.521 e. The third kappa shape index (κ3) is 5.45. The lowest BCUT2D eigenvalue weighted by atomic mass is 9.77. The van der Waals surface area contributed by atoms with Gasteiger partial charge in [0.1, 0.15) is 5.75 Å². The van der Waals surface area contributed by atoms with E-state index < -0.39 is 22.6 Å². The first kappa shape index (κ1) is 24.3. The van der Waals surface area contributed by atoms with Gasteiger partial charge in [0, 0.05) is 12.1 Å². The number of carbonyl (C=O) groups is 2. The van der Waals surface area contributed by atoms with Crippen molar-refractivity contribution in [2.75, 3.05) is 6.54 Å². The lowest BCUT2D eigenvalue weighted by Crippen LogP contribution is -2.47. The molecule has 0 saturated carbocycles. The summed E-state index contributed by atoms with van der Waals surface area (Å²) in [6, 6.07) is 33.8. The minimum absolute atomic E-state index is 0.0126. The fourth-order valence-corrected chi connectivity index (χ4v) is 3.96. The summed E-state index contributed by atoms with van der Waals surface area (Å²) < 4.78 is 9.81. The number of esters is 1. The minimum atomic E-state index is -1.24. The molecule has 0 bridgehead atoms. The molecule has 1 N–H and O–H groups in total. The van der Waals surface area contributed by atoms with Crippen LogP contribution in [-0.4, -0.2) is 23.6 Å². The van der Waals surface area contributed by atoms with Crippen molar-refractivity contribution in [3.8, 4) is 5.75 Å². The van der Waals surface area contributed by atoms with Gasteiger partial charge in [-0.15, -0.1) is 0 Å². The predicted octanol–water partition coefficient (Wildman–Crippen LogP) is 5.22. The van der Waals surface area contributed by atoms with Crippen LogP contribution in [0.2, 0.25) is 0 Å².